The van der Waals surface area contributed by atoms with Gasteiger partial charge in [-0.3, -0.25) is 19.6 Å². The van der Waals surface area contributed by atoms with Crippen molar-refractivity contribution >= 4 is 37.0 Å². The number of aliphatic hydroxyl groups is 1. The van der Waals surface area contributed by atoms with Crippen molar-refractivity contribution in [3.05, 3.63) is 47.7 Å². The van der Waals surface area contributed by atoms with Crippen molar-refractivity contribution in [2.24, 2.45) is 0 Å². The zero-order valence-electron chi connectivity index (χ0n) is 17.4. The second-order valence-corrected chi connectivity index (χ2v) is 11.4. The summed E-state index contributed by atoms with van der Waals surface area (Å²) >= 11 is 2.47. The Morgan fingerprint density at radius 3 is 2.82 bits per heavy atom. The second kappa shape index (κ2) is 9.84. The molecule has 0 saturated carbocycles. The fraction of sp³-hybridized carbons (Fsp3) is 0.444. The molecular formula is C18H23N6O6PS2. The van der Waals surface area contributed by atoms with E-state index in [0.29, 0.717) is 11.3 Å². The summed E-state index contributed by atoms with van der Waals surface area (Å²) in [5, 5.41) is 26.2. The molecule has 0 radical (unpaired) electrons. The number of H-pyrrole nitrogens is 1. The number of aliphatic hydroxyl groups excluding tert-OH is 1. The predicted molar refractivity (Wildman–Crippen MR) is 121 cm³/mol. The lowest BCUT2D eigenvalue weighted by Gasteiger charge is -2.55. The van der Waals surface area contributed by atoms with Crippen LogP contribution in [0.2, 0.25) is 0 Å². The first-order chi connectivity index (χ1) is 15.7. The number of thioether (sulfide) groups is 2. The average molecular weight is 515 g/mol. The van der Waals surface area contributed by atoms with Gasteiger partial charge in [0.15, 0.2) is 0 Å². The highest BCUT2D eigenvalue weighted by molar-refractivity contribution is 8.01. The van der Waals surface area contributed by atoms with Crippen molar-refractivity contribution in [2.75, 3.05) is 25.6 Å². The van der Waals surface area contributed by atoms with E-state index in [2.05, 4.69) is 25.9 Å². The van der Waals surface area contributed by atoms with E-state index in [9.17, 15) is 24.3 Å². The molecule has 1 saturated heterocycles. The maximum absolute atomic E-state index is 13.1. The molecule has 0 spiro atoms. The lowest BCUT2D eigenvalue weighted by atomic mass is 10.00. The maximum Gasteiger partial charge on any atom is 0.327 e. The maximum atomic E-state index is 13.1. The van der Waals surface area contributed by atoms with E-state index in [0.717, 1.165) is 17.3 Å². The number of amides is 1. The average Bonchev–Trinajstić information content (AvgIpc) is 3.31. The Kier molecular flexibility index (Phi) is 7.26. The number of rotatable bonds is 10. The van der Waals surface area contributed by atoms with Crippen LogP contribution in [-0.4, -0.2) is 88.2 Å². The van der Waals surface area contributed by atoms with Crippen LogP contribution in [0, 0.1) is 0 Å². The number of carbonyl (C=O) groups excluding carboxylic acids is 1. The summed E-state index contributed by atoms with van der Waals surface area (Å²) in [6.07, 6.45) is 0.366. The van der Waals surface area contributed by atoms with Crippen molar-refractivity contribution in [3.8, 4) is 0 Å². The van der Waals surface area contributed by atoms with E-state index in [1.807, 2.05) is 18.2 Å². The molecule has 2 unspecified atom stereocenters. The number of tetrazole rings is 1. The molecule has 4 atom stereocenters. The highest BCUT2D eigenvalue weighted by Crippen LogP contribution is 2.48. The van der Waals surface area contributed by atoms with E-state index in [1.165, 1.54) is 23.8 Å². The SMILES string of the molecule is CO[C@]1(NCC(O)c2ccccc2)C(=O)N2C=C(C(CP(=O)(O)O)Sc3nn[nH]n3)CS[C@H]21. The summed E-state index contributed by atoms with van der Waals surface area (Å²) in [7, 11) is -2.92. The first-order valence-electron chi connectivity index (χ1n) is 9.86. The highest BCUT2D eigenvalue weighted by atomic mass is 32.2. The summed E-state index contributed by atoms with van der Waals surface area (Å²) in [4.78, 5) is 33.6. The normalized spacial score (nSPS) is 24.6. The molecule has 4 rings (SSSR count). The molecule has 0 bridgehead atoms. The third-order valence-electron chi connectivity index (χ3n) is 5.32. The molecular weight excluding hydrogens is 491 g/mol. The van der Waals surface area contributed by atoms with Crippen molar-refractivity contribution < 1.29 is 29.0 Å². The fourth-order valence-corrected chi connectivity index (χ4v) is 7.51. The number of fused-ring (bicyclic) bond motifs is 1. The number of hydrogen-bond acceptors (Lipinski definition) is 10. The van der Waals surface area contributed by atoms with Gasteiger partial charge in [-0.15, -0.1) is 22.0 Å². The minimum absolute atomic E-state index is 0.111. The van der Waals surface area contributed by atoms with Crippen molar-refractivity contribution in [1.29, 1.82) is 0 Å². The fourth-order valence-electron chi connectivity index (χ4n) is 3.67. The molecule has 2 aromatic rings. The van der Waals surface area contributed by atoms with Crippen molar-refractivity contribution in [2.45, 2.75) is 27.6 Å². The molecule has 1 aromatic heterocycles. The number of aromatic nitrogens is 4. The molecule has 2 aliphatic heterocycles. The standard InChI is InChI=1S/C18H23N6O6PS2/c1-30-18(19-7-13(25)11-5-3-2-4-6-11)15(26)24-8-12(10-32-16(18)24)14(9-31(27,28)29)33-17-20-22-23-21-17/h2-6,8,13-14,16,19,25H,7,9-10H2,1H3,(H2,27,28,29)(H,20,21,22,23)/t13?,14?,16-,18+/m0/s1. The van der Waals surface area contributed by atoms with Crippen LogP contribution in [0.25, 0.3) is 0 Å². The number of aromatic amines is 1. The Labute approximate surface area is 197 Å². The number of benzene rings is 1. The van der Waals surface area contributed by atoms with Crippen LogP contribution in [0.1, 0.15) is 11.7 Å². The minimum atomic E-state index is -4.35. The van der Waals surface area contributed by atoms with Crippen LogP contribution in [-0.2, 0) is 14.1 Å². The molecule has 12 nitrogen and oxygen atoms in total. The summed E-state index contributed by atoms with van der Waals surface area (Å²) in [6, 6.07) is 9.10. The van der Waals surface area contributed by atoms with E-state index in [1.54, 1.807) is 18.3 Å². The van der Waals surface area contributed by atoms with Gasteiger partial charge in [0.25, 0.3) is 5.91 Å². The van der Waals surface area contributed by atoms with Gasteiger partial charge in [0.1, 0.15) is 5.37 Å². The number of nitrogens with zero attached hydrogens (tertiary/aromatic N) is 4. The third-order valence-corrected chi connectivity index (χ3v) is 8.92. The molecule has 15 heteroatoms. The number of hydrogen-bond donors (Lipinski definition) is 5. The first kappa shape index (κ1) is 24.4. The van der Waals surface area contributed by atoms with Crippen molar-refractivity contribution in [1.82, 2.24) is 30.8 Å². The van der Waals surface area contributed by atoms with Gasteiger partial charge in [-0.2, -0.15) is 5.21 Å². The summed E-state index contributed by atoms with van der Waals surface area (Å²) in [5.41, 5.74) is 0.0797. The van der Waals surface area contributed by atoms with Crippen LogP contribution in [0.5, 0.6) is 0 Å². The Morgan fingerprint density at radius 2 is 2.18 bits per heavy atom. The first-order valence-corrected chi connectivity index (χ1v) is 13.6. The second-order valence-electron chi connectivity index (χ2n) is 7.48. The Morgan fingerprint density at radius 1 is 1.42 bits per heavy atom. The largest absolute Gasteiger partial charge is 0.387 e. The zero-order valence-corrected chi connectivity index (χ0v) is 20.0. The molecule has 0 aliphatic carbocycles. The van der Waals surface area contributed by atoms with Crippen LogP contribution >= 0.6 is 31.1 Å². The zero-order chi connectivity index (χ0) is 23.6. The Hall–Kier alpha value is -1.77. The van der Waals surface area contributed by atoms with Gasteiger partial charge < -0.3 is 19.6 Å². The summed E-state index contributed by atoms with van der Waals surface area (Å²) in [6.45, 7) is 0.111. The monoisotopic (exact) mass is 514 g/mol. The third kappa shape index (κ3) is 5.17. The summed E-state index contributed by atoms with van der Waals surface area (Å²) in [5.74, 6) is 0.0669. The molecule has 1 amide bonds. The lowest BCUT2D eigenvalue weighted by molar-refractivity contribution is -0.188. The van der Waals surface area contributed by atoms with E-state index in [-0.39, 0.29) is 17.6 Å². The van der Waals surface area contributed by atoms with E-state index in [4.69, 9.17) is 4.74 Å². The predicted octanol–water partition coefficient (Wildman–Crippen LogP) is 0.303. The van der Waals surface area contributed by atoms with Gasteiger partial charge >= 0.3 is 7.60 Å². The highest BCUT2D eigenvalue weighted by Gasteiger charge is 2.63. The van der Waals surface area contributed by atoms with Gasteiger partial charge in [0.2, 0.25) is 10.9 Å². The Bertz CT molecular complexity index is 1050. The summed E-state index contributed by atoms with van der Waals surface area (Å²) < 4.78 is 17.3. The number of methoxy groups -OCH3 is 1. The van der Waals surface area contributed by atoms with E-state index >= 15 is 0 Å². The molecule has 1 fully saturated rings. The molecule has 3 heterocycles. The van der Waals surface area contributed by atoms with Crippen molar-refractivity contribution in [3.63, 3.8) is 0 Å². The number of nitrogens with one attached hydrogen (secondary N) is 2. The molecule has 33 heavy (non-hydrogen) atoms. The molecule has 2 aliphatic rings. The molecule has 178 valence electrons. The molecule has 5 N–H and O–H groups in total. The van der Waals surface area contributed by atoms with Gasteiger partial charge in [0, 0.05) is 30.9 Å². The van der Waals surface area contributed by atoms with Gasteiger partial charge in [-0.05, 0) is 16.3 Å². The smallest absolute Gasteiger partial charge is 0.327 e. The lowest BCUT2D eigenvalue weighted by Crippen LogP contribution is -2.78. The quantitative estimate of drug-likeness (QED) is 0.127. The van der Waals surface area contributed by atoms with Crippen LogP contribution in [0.3, 0.4) is 0 Å². The Balaban J connectivity index is 1.48. The van der Waals surface area contributed by atoms with Crippen LogP contribution < -0.4 is 5.32 Å². The van der Waals surface area contributed by atoms with Gasteiger partial charge in [0.05, 0.1) is 12.3 Å². The van der Waals surface area contributed by atoms with Gasteiger partial charge in [-0.25, -0.2) is 0 Å². The van der Waals surface area contributed by atoms with Crippen LogP contribution in [0.15, 0.2) is 47.3 Å². The van der Waals surface area contributed by atoms with Crippen LogP contribution in [0.4, 0.5) is 0 Å². The molecule has 1 aromatic carbocycles. The van der Waals surface area contributed by atoms with E-state index < -0.39 is 36.2 Å². The number of ether oxygens (including phenoxy) is 1. The number of carbonyl (C=O) groups is 1. The minimum Gasteiger partial charge on any atom is -0.387 e. The van der Waals surface area contributed by atoms with Gasteiger partial charge in [-0.1, -0.05) is 42.1 Å². The topological polar surface area (TPSA) is 174 Å². The number of β-lactam (4-membered cyclic amide) rings is 1.